The van der Waals surface area contributed by atoms with Gasteiger partial charge in [-0.15, -0.1) is 0 Å². The van der Waals surface area contributed by atoms with Crippen molar-refractivity contribution in [3.05, 3.63) is 29.8 Å². The molecule has 1 aliphatic carbocycles. The minimum atomic E-state index is -0.0000372. The number of anilines is 1. The van der Waals surface area contributed by atoms with Gasteiger partial charge in [-0.25, -0.2) is 0 Å². The lowest BCUT2D eigenvalue weighted by molar-refractivity contribution is -0.123. The van der Waals surface area contributed by atoms with Gasteiger partial charge in [0.25, 0.3) is 0 Å². The molecule has 108 valence electrons. The predicted octanol–water partition coefficient (Wildman–Crippen LogP) is 2.30. The van der Waals surface area contributed by atoms with Crippen molar-refractivity contribution >= 4 is 11.6 Å². The monoisotopic (exact) mass is 274 g/mol. The number of ether oxygens (including phenoxy) is 1. The molecule has 0 aromatic heterocycles. The number of rotatable bonds is 5. The maximum absolute atomic E-state index is 12.1. The zero-order valence-corrected chi connectivity index (χ0v) is 11.7. The quantitative estimate of drug-likeness (QED) is 0.866. The molecule has 1 amide bonds. The van der Waals surface area contributed by atoms with Gasteiger partial charge in [0.2, 0.25) is 5.91 Å². The number of carbonyl (C=O) groups excluding carboxylic acids is 1. The molecule has 1 unspecified atom stereocenters. The summed E-state index contributed by atoms with van der Waals surface area (Å²) in [5.41, 5.74) is 2.13. The molecule has 20 heavy (non-hydrogen) atoms. The topological polar surface area (TPSA) is 50.4 Å². The first-order chi connectivity index (χ1) is 9.81. The van der Waals surface area contributed by atoms with Crippen LogP contribution in [-0.2, 0) is 16.1 Å². The molecular weight excluding hydrogens is 252 g/mol. The highest BCUT2D eigenvalue weighted by Gasteiger charge is 2.22. The molecular formula is C16H22N2O2. The van der Waals surface area contributed by atoms with E-state index in [4.69, 9.17) is 4.74 Å². The fraction of sp³-hybridized carbons (Fsp3) is 0.562. The maximum atomic E-state index is 12.1. The molecule has 0 radical (unpaired) electrons. The highest BCUT2D eigenvalue weighted by atomic mass is 16.5. The van der Waals surface area contributed by atoms with E-state index in [-0.39, 0.29) is 11.8 Å². The van der Waals surface area contributed by atoms with Crippen LogP contribution in [-0.4, -0.2) is 25.2 Å². The summed E-state index contributed by atoms with van der Waals surface area (Å²) >= 11 is 0. The van der Waals surface area contributed by atoms with Crippen molar-refractivity contribution in [2.75, 3.05) is 18.5 Å². The van der Waals surface area contributed by atoms with Crippen LogP contribution >= 0.6 is 0 Å². The summed E-state index contributed by atoms with van der Waals surface area (Å²) in [4.78, 5) is 12.1. The van der Waals surface area contributed by atoms with Crippen molar-refractivity contribution in [3.8, 4) is 0 Å². The van der Waals surface area contributed by atoms with Gasteiger partial charge in [0, 0.05) is 24.9 Å². The summed E-state index contributed by atoms with van der Waals surface area (Å²) in [7, 11) is 0. The van der Waals surface area contributed by atoms with E-state index in [0.717, 1.165) is 37.7 Å². The molecule has 1 aliphatic heterocycles. The minimum Gasteiger partial charge on any atom is -0.381 e. The Hall–Kier alpha value is -1.39. The smallest absolute Gasteiger partial charge is 0.229 e. The molecule has 2 fully saturated rings. The molecule has 1 saturated heterocycles. The first-order valence-electron chi connectivity index (χ1n) is 7.52. The third kappa shape index (κ3) is 3.81. The van der Waals surface area contributed by atoms with E-state index in [9.17, 15) is 4.79 Å². The van der Waals surface area contributed by atoms with E-state index in [1.165, 1.54) is 18.4 Å². The van der Waals surface area contributed by atoms with Gasteiger partial charge >= 0.3 is 0 Å². The minimum absolute atomic E-state index is 0.0000372. The third-order valence-corrected chi connectivity index (χ3v) is 3.92. The van der Waals surface area contributed by atoms with E-state index >= 15 is 0 Å². The summed E-state index contributed by atoms with van der Waals surface area (Å²) < 4.78 is 5.35. The first kappa shape index (κ1) is 13.6. The average molecular weight is 274 g/mol. The van der Waals surface area contributed by atoms with Crippen LogP contribution in [0.2, 0.25) is 0 Å². The van der Waals surface area contributed by atoms with Crippen LogP contribution in [0.1, 0.15) is 31.2 Å². The first-order valence-corrected chi connectivity index (χ1v) is 7.52. The average Bonchev–Trinajstić information content (AvgIpc) is 3.32. The van der Waals surface area contributed by atoms with Gasteiger partial charge in [-0.1, -0.05) is 12.1 Å². The van der Waals surface area contributed by atoms with Crippen molar-refractivity contribution < 1.29 is 9.53 Å². The van der Waals surface area contributed by atoms with Crippen LogP contribution in [0, 0.1) is 5.92 Å². The Morgan fingerprint density at radius 3 is 2.65 bits per heavy atom. The van der Waals surface area contributed by atoms with Gasteiger partial charge in [-0.2, -0.15) is 0 Å². The summed E-state index contributed by atoms with van der Waals surface area (Å²) in [5, 5.41) is 6.46. The van der Waals surface area contributed by atoms with Crippen LogP contribution in [0.5, 0.6) is 0 Å². The molecule has 1 aromatic carbocycles. The molecule has 2 N–H and O–H groups in total. The highest BCUT2D eigenvalue weighted by Crippen LogP contribution is 2.20. The van der Waals surface area contributed by atoms with Crippen LogP contribution in [0.3, 0.4) is 0 Å². The fourth-order valence-corrected chi connectivity index (χ4v) is 2.45. The van der Waals surface area contributed by atoms with Crippen LogP contribution < -0.4 is 10.6 Å². The van der Waals surface area contributed by atoms with Gasteiger partial charge in [-0.3, -0.25) is 4.79 Å². The highest BCUT2D eigenvalue weighted by molar-refractivity contribution is 5.92. The lowest BCUT2D eigenvalue weighted by Crippen LogP contribution is -2.30. The fourth-order valence-electron chi connectivity index (χ4n) is 2.45. The zero-order chi connectivity index (χ0) is 13.8. The molecule has 3 rings (SSSR count). The number of carbonyl (C=O) groups is 1. The second kappa shape index (κ2) is 6.37. The van der Waals surface area contributed by atoms with Crippen LogP contribution in [0.25, 0.3) is 0 Å². The zero-order valence-electron chi connectivity index (χ0n) is 11.7. The maximum Gasteiger partial charge on any atom is 0.229 e. The van der Waals surface area contributed by atoms with E-state index in [1.807, 2.05) is 12.1 Å². The number of benzene rings is 1. The summed E-state index contributed by atoms with van der Waals surface area (Å²) in [6, 6.07) is 8.82. The summed E-state index contributed by atoms with van der Waals surface area (Å²) in [5.74, 6) is 0.0773. The molecule has 1 atom stereocenters. The Kier molecular flexibility index (Phi) is 4.33. The van der Waals surface area contributed by atoms with Gasteiger partial charge in [-0.05, 0) is 43.4 Å². The Labute approximate surface area is 119 Å². The van der Waals surface area contributed by atoms with Crippen molar-refractivity contribution in [1.82, 2.24) is 5.32 Å². The van der Waals surface area contributed by atoms with Crippen molar-refractivity contribution in [2.45, 2.75) is 38.3 Å². The van der Waals surface area contributed by atoms with Gasteiger partial charge in [0.05, 0.1) is 12.5 Å². The Morgan fingerprint density at radius 2 is 2.00 bits per heavy atom. The predicted molar refractivity (Wildman–Crippen MR) is 78.5 cm³/mol. The van der Waals surface area contributed by atoms with Crippen LogP contribution in [0.15, 0.2) is 24.3 Å². The molecule has 4 nitrogen and oxygen atoms in total. The largest absolute Gasteiger partial charge is 0.381 e. The van der Waals surface area contributed by atoms with E-state index in [2.05, 4.69) is 22.8 Å². The summed E-state index contributed by atoms with van der Waals surface area (Å²) in [6.07, 6.45) is 4.51. The SMILES string of the molecule is O=C(Nc1ccc(CNC2CC2)cc1)C1CCCOC1. The lowest BCUT2D eigenvalue weighted by Gasteiger charge is -2.21. The Bertz CT molecular complexity index is 448. The molecule has 0 bridgehead atoms. The Morgan fingerprint density at radius 1 is 1.20 bits per heavy atom. The van der Waals surface area contributed by atoms with E-state index < -0.39 is 0 Å². The normalized spacial score (nSPS) is 22.5. The van der Waals surface area contributed by atoms with Crippen molar-refractivity contribution in [3.63, 3.8) is 0 Å². The van der Waals surface area contributed by atoms with Crippen molar-refractivity contribution in [1.29, 1.82) is 0 Å². The third-order valence-electron chi connectivity index (χ3n) is 3.92. The molecule has 4 heteroatoms. The molecule has 2 aliphatic rings. The number of amides is 1. The summed E-state index contributed by atoms with van der Waals surface area (Å²) in [6.45, 7) is 2.25. The molecule has 1 saturated carbocycles. The molecule has 1 aromatic rings. The van der Waals surface area contributed by atoms with E-state index in [1.54, 1.807) is 0 Å². The number of hydrogen-bond donors (Lipinski definition) is 2. The van der Waals surface area contributed by atoms with Gasteiger partial charge in [0.15, 0.2) is 0 Å². The van der Waals surface area contributed by atoms with Crippen LogP contribution in [0.4, 0.5) is 5.69 Å². The second-order valence-corrected chi connectivity index (χ2v) is 5.76. The Balaban J connectivity index is 1.49. The lowest BCUT2D eigenvalue weighted by atomic mass is 10.0. The van der Waals surface area contributed by atoms with Gasteiger partial charge in [0.1, 0.15) is 0 Å². The molecule has 0 spiro atoms. The van der Waals surface area contributed by atoms with Gasteiger partial charge < -0.3 is 15.4 Å². The number of hydrogen-bond acceptors (Lipinski definition) is 3. The number of nitrogens with one attached hydrogen (secondary N) is 2. The molecule has 1 heterocycles. The van der Waals surface area contributed by atoms with E-state index in [0.29, 0.717) is 6.61 Å². The standard InChI is InChI=1S/C16H22N2O2/c19-16(13-2-1-9-20-11-13)18-15-5-3-12(4-6-15)10-17-14-7-8-14/h3-6,13-14,17H,1-2,7-11H2,(H,18,19). The van der Waals surface area contributed by atoms with Crippen molar-refractivity contribution in [2.24, 2.45) is 5.92 Å². The second-order valence-electron chi connectivity index (χ2n) is 5.76.